The van der Waals surface area contributed by atoms with Crippen LogP contribution in [0.1, 0.15) is 26.9 Å². The number of aryl methyl sites for hydroxylation is 2. The Kier molecular flexibility index (Phi) is 4.31. The second-order valence-corrected chi connectivity index (χ2v) is 7.64. The lowest BCUT2D eigenvalue weighted by Crippen LogP contribution is -2.12. The number of nitrogens with one attached hydrogen (secondary N) is 1. The van der Waals surface area contributed by atoms with Crippen LogP contribution in [0, 0.1) is 13.8 Å². The van der Waals surface area contributed by atoms with E-state index in [0.29, 0.717) is 5.52 Å². The van der Waals surface area contributed by atoms with Gasteiger partial charge in [0, 0.05) is 33.1 Å². The molecule has 0 bridgehead atoms. The molecule has 4 nitrogen and oxygen atoms in total. The van der Waals surface area contributed by atoms with Crippen LogP contribution in [0.25, 0.3) is 10.9 Å². The van der Waals surface area contributed by atoms with Crippen LogP contribution in [0.2, 0.25) is 0 Å². The van der Waals surface area contributed by atoms with Crippen LogP contribution in [0.3, 0.4) is 0 Å². The van der Waals surface area contributed by atoms with E-state index < -0.39 is 0 Å². The summed E-state index contributed by atoms with van der Waals surface area (Å²) in [7, 11) is 0. The van der Waals surface area contributed by atoms with Crippen molar-refractivity contribution in [2.24, 2.45) is 0 Å². The average Bonchev–Trinajstić information content (AvgIpc) is 3.07. The summed E-state index contributed by atoms with van der Waals surface area (Å²) in [5.41, 5.74) is 2.54. The van der Waals surface area contributed by atoms with Gasteiger partial charge in [0.05, 0.1) is 6.04 Å². The highest BCUT2D eigenvalue weighted by Gasteiger charge is 2.21. The number of aromatic hydroxyl groups is 1. The van der Waals surface area contributed by atoms with Crippen molar-refractivity contribution in [3.63, 3.8) is 0 Å². The molecule has 0 fully saturated rings. The van der Waals surface area contributed by atoms with Crippen LogP contribution in [0.5, 0.6) is 5.75 Å². The summed E-state index contributed by atoms with van der Waals surface area (Å²) >= 11 is 1.71. The van der Waals surface area contributed by atoms with Gasteiger partial charge in [0.1, 0.15) is 17.1 Å². The number of fused-ring (bicyclic) bond motifs is 1. The van der Waals surface area contributed by atoms with Gasteiger partial charge in [-0.3, -0.25) is 4.98 Å². The summed E-state index contributed by atoms with van der Waals surface area (Å²) < 4.78 is 0. The number of hydrogen-bond donors (Lipinski definition) is 2. The van der Waals surface area contributed by atoms with Crippen molar-refractivity contribution < 1.29 is 5.11 Å². The summed E-state index contributed by atoms with van der Waals surface area (Å²) in [5.74, 6) is 0.987. The summed E-state index contributed by atoms with van der Waals surface area (Å²) in [6, 6.07) is 15.7. The molecule has 0 aliphatic heterocycles. The fourth-order valence-electron chi connectivity index (χ4n) is 3.05. The monoisotopic (exact) mass is 361 g/mol. The molecule has 0 amide bonds. The Bertz CT molecular complexity index is 1070. The maximum atomic E-state index is 10.9. The minimum Gasteiger partial charge on any atom is -0.505 e. The Morgan fingerprint density at radius 3 is 2.65 bits per heavy atom. The van der Waals surface area contributed by atoms with Gasteiger partial charge in [-0.05, 0) is 49.7 Å². The molecule has 130 valence electrons. The fraction of sp³-hybridized carbons (Fsp3) is 0.143. The van der Waals surface area contributed by atoms with Crippen LogP contribution in [0.4, 0.5) is 5.82 Å². The zero-order valence-corrected chi connectivity index (χ0v) is 15.4. The molecule has 2 N–H and O–H groups in total. The second-order valence-electron chi connectivity index (χ2n) is 6.32. The molecule has 26 heavy (non-hydrogen) atoms. The number of aromatic nitrogens is 2. The van der Waals surface area contributed by atoms with Crippen molar-refractivity contribution in [3.05, 3.63) is 81.8 Å². The Morgan fingerprint density at radius 2 is 1.88 bits per heavy atom. The lowest BCUT2D eigenvalue weighted by molar-refractivity contribution is 0.472. The highest BCUT2D eigenvalue weighted by atomic mass is 32.1. The van der Waals surface area contributed by atoms with Crippen molar-refractivity contribution in [3.8, 4) is 5.75 Å². The SMILES string of the molecule is Cc1ccnc(N[C@@H](c2ccc(C)s2)c2ccc3cccnc3c2O)c1. The van der Waals surface area contributed by atoms with Crippen molar-refractivity contribution in [1.82, 2.24) is 9.97 Å². The Balaban J connectivity index is 1.84. The standard InChI is InChI=1S/C21H19N3OS/c1-13-9-11-22-18(12-13)24-20(17-8-5-14(2)26-17)16-7-6-15-4-3-10-23-19(15)21(16)25/h3-12,20,25H,1-2H3,(H,22,24)/t20-/m1/s1. The van der Waals surface area contributed by atoms with Gasteiger partial charge in [0.15, 0.2) is 0 Å². The molecule has 5 heteroatoms. The molecule has 0 radical (unpaired) electrons. The number of thiophene rings is 1. The van der Waals surface area contributed by atoms with Gasteiger partial charge in [-0.2, -0.15) is 0 Å². The zero-order chi connectivity index (χ0) is 18.1. The Hall–Kier alpha value is -2.92. The van der Waals surface area contributed by atoms with Gasteiger partial charge < -0.3 is 10.4 Å². The molecular weight excluding hydrogens is 342 g/mol. The molecule has 0 unspecified atom stereocenters. The van der Waals surface area contributed by atoms with Gasteiger partial charge in [0.2, 0.25) is 0 Å². The van der Waals surface area contributed by atoms with Crippen molar-refractivity contribution >= 4 is 28.1 Å². The molecule has 0 saturated heterocycles. The molecule has 3 heterocycles. The minimum atomic E-state index is -0.200. The van der Waals surface area contributed by atoms with E-state index in [-0.39, 0.29) is 11.8 Å². The first kappa shape index (κ1) is 16.5. The third-order valence-electron chi connectivity index (χ3n) is 4.34. The lowest BCUT2D eigenvalue weighted by atomic mass is 10.0. The van der Waals surface area contributed by atoms with Crippen LogP contribution in [-0.4, -0.2) is 15.1 Å². The van der Waals surface area contributed by atoms with E-state index in [0.717, 1.165) is 27.2 Å². The van der Waals surface area contributed by atoms with E-state index in [2.05, 4.69) is 34.3 Å². The molecule has 4 aromatic rings. The van der Waals surface area contributed by atoms with Crippen molar-refractivity contribution in [2.75, 3.05) is 5.32 Å². The maximum absolute atomic E-state index is 10.9. The van der Waals surface area contributed by atoms with Gasteiger partial charge >= 0.3 is 0 Å². The smallest absolute Gasteiger partial charge is 0.147 e. The molecule has 0 spiro atoms. The molecule has 3 aromatic heterocycles. The fourth-order valence-corrected chi connectivity index (χ4v) is 4.00. The lowest BCUT2D eigenvalue weighted by Gasteiger charge is -2.20. The minimum absolute atomic E-state index is 0.200. The van der Waals surface area contributed by atoms with E-state index in [1.54, 1.807) is 23.7 Å². The molecule has 0 aliphatic rings. The number of pyridine rings is 2. The maximum Gasteiger partial charge on any atom is 0.147 e. The summed E-state index contributed by atoms with van der Waals surface area (Å²) in [4.78, 5) is 11.1. The topological polar surface area (TPSA) is 58.0 Å². The normalized spacial score (nSPS) is 12.2. The third-order valence-corrected chi connectivity index (χ3v) is 5.41. The first-order valence-electron chi connectivity index (χ1n) is 8.44. The van der Waals surface area contributed by atoms with E-state index in [4.69, 9.17) is 0 Å². The van der Waals surface area contributed by atoms with Crippen molar-refractivity contribution in [2.45, 2.75) is 19.9 Å². The van der Waals surface area contributed by atoms with Crippen LogP contribution in [-0.2, 0) is 0 Å². The van der Waals surface area contributed by atoms with Crippen LogP contribution in [0.15, 0.2) is 60.9 Å². The third kappa shape index (κ3) is 3.13. The van der Waals surface area contributed by atoms with Crippen LogP contribution >= 0.6 is 11.3 Å². The molecule has 4 rings (SSSR count). The highest BCUT2D eigenvalue weighted by Crippen LogP contribution is 2.38. The quantitative estimate of drug-likeness (QED) is 0.523. The van der Waals surface area contributed by atoms with Crippen molar-refractivity contribution in [1.29, 1.82) is 0 Å². The molecule has 0 saturated carbocycles. The second kappa shape index (κ2) is 6.77. The highest BCUT2D eigenvalue weighted by molar-refractivity contribution is 7.12. The number of phenols is 1. The first-order valence-corrected chi connectivity index (χ1v) is 9.25. The number of phenolic OH excluding ortho intramolecular Hbond substituents is 1. The van der Waals surface area contributed by atoms with E-state index in [9.17, 15) is 5.11 Å². The van der Waals surface area contributed by atoms with E-state index >= 15 is 0 Å². The summed E-state index contributed by atoms with van der Waals surface area (Å²) in [5, 5.41) is 15.3. The predicted octanol–water partition coefficient (Wildman–Crippen LogP) is 5.22. The van der Waals surface area contributed by atoms with Gasteiger partial charge in [-0.1, -0.05) is 18.2 Å². The summed E-state index contributed by atoms with van der Waals surface area (Å²) in [6.45, 7) is 4.12. The van der Waals surface area contributed by atoms with Gasteiger partial charge in [0.25, 0.3) is 0 Å². The number of benzene rings is 1. The van der Waals surface area contributed by atoms with Crippen LogP contribution < -0.4 is 5.32 Å². The Labute approximate surface area is 156 Å². The van der Waals surface area contributed by atoms with Gasteiger partial charge in [-0.25, -0.2) is 4.98 Å². The molecule has 0 aliphatic carbocycles. The van der Waals surface area contributed by atoms with E-state index in [1.165, 1.54) is 4.88 Å². The number of anilines is 1. The summed E-state index contributed by atoms with van der Waals surface area (Å²) in [6.07, 6.45) is 3.49. The molecule has 1 aromatic carbocycles. The first-order chi connectivity index (χ1) is 12.6. The van der Waals surface area contributed by atoms with Gasteiger partial charge in [-0.15, -0.1) is 11.3 Å². The number of nitrogens with zero attached hydrogens (tertiary/aromatic N) is 2. The van der Waals surface area contributed by atoms with E-state index in [1.807, 2.05) is 43.3 Å². The molecule has 1 atom stereocenters. The number of rotatable bonds is 4. The largest absolute Gasteiger partial charge is 0.505 e. The Morgan fingerprint density at radius 1 is 1.00 bits per heavy atom. The number of hydrogen-bond acceptors (Lipinski definition) is 5. The zero-order valence-electron chi connectivity index (χ0n) is 14.6. The molecular formula is C21H19N3OS. The predicted molar refractivity (Wildman–Crippen MR) is 107 cm³/mol. The average molecular weight is 361 g/mol.